The predicted octanol–water partition coefficient (Wildman–Crippen LogP) is 0.947. The SMILES string of the molecule is Cc1ccc(C(=O)N2CCC(OCCO)CC2)n1C. The van der Waals surface area contributed by atoms with Crippen molar-refractivity contribution in [3.8, 4) is 0 Å². The molecular weight excluding hydrogens is 244 g/mol. The van der Waals surface area contributed by atoms with E-state index in [-0.39, 0.29) is 18.6 Å². The number of carbonyl (C=O) groups is 1. The number of rotatable bonds is 4. The van der Waals surface area contributed by atoms with Crippen molar-refractivity contribution in [3.05, 3.63) is 23.5 Å². The maximum atomic E-state index is 12.4. The number of carbonyl (C=O) groups excluding carboxylic acids is 1. The maximum absolute atomic E-state index is 12.4. The second kappa shape index (κ2) is 6.21. The standard InChI is InChI=1S/C14H22N2O3/c1-11-3-4-13(15(11)2)14(18)16-7-5-12(6-8-16)19-10-9-17/h3-4,12,17H,5-10H2,1-2H3. The molecule has 1 aromatic rings. The number of likely N-dealkylation sites (tertiary alicyclic amines) is 1. The summed E-state index contributed by atoms with van der Waals surface area (Å²) in [5.41, 5.74) is 1.83. The molecule has 0 spiro atoms. The van der Waals surface area contributed by atoms with Crippen LogP contribution < -0.4 is 0 Å². The fourth-order valence-corrected chi connectivity index (χ4v) is 2.43. The van der Waals surface area contributed by atoms with Crippen LogP contribution in [0.15, 0.2) is 12.1 Å². The zero-order valence-corrected chi connectivity index (χ0v) is 11.6. The molecule has 1 aromatic heterocycles. The Labute approximate surface area is 113 Å². The molecule has 0 atom stereocenters. The number of amides is 1. The molecule has 0 aliphatic carbocycles. The van der Waals surface area contributed by atoms with E-state index < -0.39 is 0 Å². The van der Waals surface area contributed by atoms with Gasteiger partial charge in [-0.3, -0.25) is 4.79 Å². The van der Waals surface area contributed by atoms with Crippen LogP contribution in [0.1, 0.15) is 29.0 Å². The fourth-order valence-electron chi connectivity index (χ4n) is 2.43. The first-order valence-electron chi connectivity index (χ1n) is 6.77. The number of aromatic nitrogens is 1. The third-order valence-corrected chi connectivity index (χ3v) is 3.77. The lowest BCUT2D eigenvalue weighted by molar-refractivity contribution is -0.00571. The molecule has 1 aliphatic rings. The van der Waals surface area contributed by atoms with Crippen molar-refractivity contribution in [2.45, 2.75) is 25.9 Å². The Bertz CT molecular complexity index is 434. The lowest BCUT2D eigenvalue weighted by atomic mass is 10.1. The first kappa shape index (κ1) is 14.1. The minimum atomic E-state index is 0.0573. The average molecular weight is 266 g/mol. The molecule has 1 saturated heterocycles. The van der Waals surface area contributed by atoms with Crippen LogP contribution in [0, 0.1) is 6.92 Å². The normalized spacial score (nSPS) is 16.9. The van der Waals surface area contributed by atoms with E-state index in [1.54, 1.807) is 0 Å². The highest BCUT2D eigenvalue weighted by molar-refractivity contribution is 5.93. The van der Waals surface area contributed by atoms with E-state index in [2.05, 4.69) is 0 Å². The van der Waals surface area contributed by atoms with Gasteiger partial charge in [0.05, 0.1) is 19.3 Å². The first-order valence-corrected chi connectivity index (χ1v) is 6.77. The maximum Gasteiger partial charge on any atom is 0.270 e. The van der Waals surface area contributed by atoms with E-state index in [1.165, 1.54) is 0 Å². The minimum Gasteiger partial charge on any atom is -0.394 e. The van der Waals surface area contributed by atoms with Gasteiger partial charge in [0.2, 0.25) is 0 Å². The van der Waals surface area contributed by atoms with Gasteiger partial charge < -0.3 is 19.3 Å². The van der Waals surface area contributed by atoms with E-state index >= 15 is 0 Å². The minimum absolute atomic E-state index is 0.0573. The van der Waals surface area contributed by atoms with Crippen molar-refractivity contribution >= 4 is 5.91 Å². The molecular formula is C14H22N2O3. The molecule has 0 radical (unpaired) electrons. The smallest absolute Gasteiger partial charge is 0.270 e. The summed E-state index contributed by atoms with van der Waals surface area (Å²) in [4.78, 5) is 14.3. The molecule has 0 bridgehead atoms. The monoisotopic (exact) mass is 266 g/mol. The van der Waals surface area contributed by atoms with E-state index in [0.29, 0.717) is 6.61 Å². The molecule has 106 valence electrons. The number of hydrogen-bond acceptors (Lipinski definition) is 3. The topological polar surface area (TPSA) is 54.7 Å². The van der Waals surface area contributed by atoms with Crippen LogP contribution >= 0.6 is 0 Å². The van der Waals surface area contributed by atoms with Crippen molar-refractivity contribution in [3.63, 3.8) is 0 Å². The zero-order chi connectivity index (χ0) is 13.8. The number of aryl methyl sites for hydroxylation is 1. The summed E-state index contributed by atoms with van der Waals surface area (Å²) in [6.07, 6.45) is 1.86. The van der Waals surface area contributed by atoms with Crippen LogP contribution in [0.3, 0.4) is 0 Å². The molecule has 0 aromatic carbocycles. The quantitative estimate of drug-likeness (QED) is 0.882. The summed E-state index contributed by atoms with van der Waals surface area (Å²) in [6.45, 7) is 3.88. The van der Waals surface area contributed by atoms with Crippen molar-refractivity contribution in [2.75, 3.05) is 26.3 Å². The second-order valence-corrected chi connectivity index (χ2v) is 5.00. The Morgan fingerprint density at radius 3 is 2.63 bits per heavy atom. The summed E-state index contributed by atoms with van der Waals surface area (Å²) in [7, 11) is 1.92. The van der Waals surface area contributed by atoms with Crippen molar-refractivity contribution < 1.29 is 14.6 Å². The van der Waals surface area contributed by atoms with E-state index in [0.717, 1.165) is 37.3 Å². The van der Waals surface area contributed by atoms with Crippen LogP contribution in [0.5, 0.6) is 0 Å². The molecule has 1 amide bonds. The molecule has 2 heterocycles. The van der Waals surface area contributed by atoms with Gasteiger partial charge in [-0.15, -0.1) is 0 Å². The van der Waals surface area contributed by atoms with Crippen LogP contribution in [-0.2, 0) is 11.8 Å². The number of aliphatic hydroxyl groups excluding tert-OH is 1. The predicted molar refractivity (Wildman–Crippen MR) is 72.1 cm³/mol. The summed E-state index contributed by atoms with van der Waals surface area (Å²) in [5, 5.41) is 8.73. The largest absolute Gasteiger partial charge is 0.394 e. The highest BCUT2D eigenvalue weighted by atomic mass is 16.5. The Morgan fingerprint density at radius 1 is 1.42 bits per heavy atom. The molecule has 5 heteroatoms. The summed E-state index contributed by atoms with van der Waals surface area (Å²) >= 11 is 0. The molecule has 5 nitrogen and oxygen atoms in total. The second-order valence-electron chi connectivity index (χ2n) is 5.00. The van der Waals surface area contributed by atoms with Crippen molar-refractivity contribution in [2.24, 2.45) is 7.05 Å². The number of ether oxygens (including phenoxy) is 1. The molecule has 1 aliphatic heterocycles. The van der Waals surface area contributed by atoms with Gasteiger partial charge in [0.1, 0.15) is 5.69 Å². The van der Waals surface area contributed by atoms with Crippen molar-refractivity contribution in [1.29, 1.82) is 0 Å². The molecule has 0 saturated carbocycles. The summed E-state index contributed by atoms with van der Waals surface area (Å²) in [5.74, 6) is 0.0937. The zero-order valence-electron chi connectivity index (χ0n) is 11.6. The molecule has 1 N–H and O–H groups in total. The highest BCUT2D eigenvalue weighted by Crippen LogP contribution is 2.17. The molecule has 1 fully saturated rings. The average Bonchev–Trinajstić information content (AvgIpc) is 2.76. The van der Waals surface area contributed by atoms with E-state index in [1.807, 2.05) is 35.6 Å². The Kier molecular flexibility index (Phi) is 4.61. The number of nitrogens with zero attached hydrogens (tertiary/aromatic N) is 2. The van der Waals surface area contributed by atoms with Gasteiger partial charge in [0.25, 0.3) is 5.91 Å². The Balaban J connectivity index is 1.91. The van der Waals surface area contributed by atoms with E-state index in [4.69, 9.17) is 9.84 Å². The third kappa shape index (κ3) is 3.16. The lowest BCUT2D eigenvalue weighted by Gasteiger charge is -2.32. The van der Waals surface area contributed by atoms with E-state index in [9.17, 15) is 4.79 Å². The van der Waals surface area contributed by atoms with Gasteiger partial charge in [0, 0.05) is 25.8 Å². The Hall–Kier alpha value is -1.33. The number of hydrogen-bond donors (Lipinski definition) is 1. The van der Waals surface area contributed by atoms with Crippen LogP contribution in [0.25, 0.3) is 0 Å². The highest BCUT2D eigenvalue weighted by Gasteiger charge is 2.25. The van der Waals surface area contributed by atoms with Gasteiger partial charge in [-0.2, -0.15) is 0 Å². The van der Waals surface area contributed by atoms with Crippen LogP contribution in [0.4, 0.5) is 0 Å². The molecule has 19 heavy (non-hydrogen) atoms. The molecule has 0 unspecified atom stereocenters. The van der Waals surface area contributed by atoms with Gasteiger partial charge >= 0.3 is 0 Å². The number of piperidine rings is 1. The van der Waals surface area contributed by atoms with Gasteiger partial charge in [-0.1, -0.05) is 0 Å². The number of aliphatic hydroxyl groups is 1. The van der Waals surface area contributed by atoms with Gasteiger partial charge in [-0.05, 0) is 31.9 Å². The van der Waals surface area contributed by atoms with Crippen LogP contribution in [0.2, 0.25) is 0 Å². The van der Waals surface area contributed by atoms with Gasteiger partial charge in [0.15, 0.2) is 0 Å². The van der Waals surface area contributed by atoms with Crippen LogP contribution in [-0.4, -0.2) is 52.9 Å². The molecule has 2 rings (SSSR count). The summed E-state index contributed by atoms with van der Waals surface area (Å²) in [6, 6.07) is 3.84. The lowest BCUT2D eigenvalue weighted by Crippen LogP contribution is -2.41. The van der Waals surface area contributed by atoms with Crippen molar-refractivity contribution in [1.82, 2.24) is 9.47 Å². The Morgan fingerprint density at radius 2 is 2.11 bits per heavy atom. The third-order valence-electron chi connectivity index (χ3n) is 3.77. The fraction of sp³-hybridized carbons (Fsp3) is 0.643. The first-order chi connectivity index (χ1) is 9.13. The van der Waals surface area contributed by atoms with Gasteiger partial charge in [-0.25, -0.2) is 0 Å². The summed E-state index contributed by atoms with van der Waals surface area (Å²) < 4.78 is 7.43.